The molecule has 6 nitrogen and oxygen atoms in total. The first-order valence-corrected chi connectivity index (χ1v) is 4.72. The van der Waals surface area contributed by atoms with Crippen LogP contribution in [0.5, 0.6) is 0 Å². The summed E-state index contributed by atoms with van der Waals surface area (Å²) >= 11 is 0. The first-order valence-electron chi connectivity index (χ1n) is 4.72. The first-order chi connectivity index (χ1) is 7.66. The second-order valence-corrected chi connectivity index (χ2v) is 3.64. The van der Waals surface area contributed by atoms with E-state index in [-0.39, 0.29) is 11.8 Å². The van der Waals surface area contributed by atoms with Crippen LogP contribution in [0, 0.1) is 0 Å². The molecule has 1 aliphatic carbocycles. The number of fused-ring (bicyclic) bond motifs is 3. The Morgan fingerprint density at radius 1 is 1.62 bits per heavy atom. The van der Waals surface area contributed by atoms with Crippen molar-refractivity contribution >= 4 is 5.97 Å². The molecule has 1 aliphatic rings. The molecule has 1 atom stereocenters. The lowest BCUT2D eigenvalue weighted by Gasteiger charge is -2.14. The maximum absolute atomic E-state index is 10.8. The van der Waals surface area contributed by atoms with Crippen LogP contribution in [-0.2, 0) is 6.42 Å². The molecule has 0 amide bonds. The minimum atomic E-state index is -1.12. The van der Waals surface area contributed by atoms with Crippen LogP contribution in [0.3, 0.4) is 0 Å². The van der Waals surface area contributed by atoms with Gasteiger partial charge in [0.25, 0.3) is 0 Å². The van der Waals surface area contributed by atoms with Crippen molar-refractivity contribution in [3.63, 3.8) is 0 Å². The zero-order valence-electron chi connectivity index (χ0n) is 8.14. The number of nitrogens with two attached hydrogens (primary N) is 1. The molecule has 16 heavy (non-hydrogen) atoms. The van der Waals surface area contributed by atoms with Crippen LogP contribution in [0.2, 0.25) is 0 Å². The van der Waals surface area contributed by atoms with Gasteiger partial charge in [-0.25, -0.2) is 9.78 Å². The molecule has 0 saturated carbocycles. The second kappa shape index (κ2) is 2.96. The molecule has 0 aliphatic heterocycles. The molecule has 2 aromatic rings. The van der Waals surface area contributed by atoms with Gasteiger partial charge in [-0.05, 0) is 6.07 Å². The number of furan rings is 1. The molecular formula is C10H8N2O4. The monoisotopic (exact) mass is 220 g/mol. The number of carbonyl (C=O) groups is 1. The van der Waals surface area contributed by atoms with Gasteiger partial charge in [0.15, 0.2) is 12.2 Å². The minimum absolute atomic E-state index is 0.128. The van der Waals surface area contributed by atoms with Crippen LogP contribution in [0.4, 0.5) is 0 Å². The Hall–Kier alpha value is -2.08. The summed E-state index contributed by atoms with van der Waals surface area (Å²) in [5.41, 5.74) is 7.10. The van der Waals surface area contributed by atoms with Gasteiger partial charge in [0, 0.05) is 18.0 Å². The number of aromatic nitrogens is 1. The van der Waals surface area contributed by atoms with Gasteiger partial charge in [-0.1, -0.05) is 0 Å². The lowest BCUT2D eigenvalue weighted by atomic mass is 9.95. The van der Waals surface area contributed by atoms with Gasteiger partial charge in [0.1, 0.15) is 11.5 Å². The highest BCUT2D eigenvalue weighted by Crippen LogP contribution is 2.38. The largest absolute Gasteiger partial charge is 0.475 e. The van der Waals surface area contributed by atoms with Crippen molar-refractivity contribution in [1.29, 1.82) is 0 Å². The fourth-order valence-electron chi connectivity index (χ4n) is 1.88. The number of carboxylic acid groups (broad SMARTS) is 1. The van der Waals surface area contributed by atoms with E-state index in [2.05, 4.69) is 4.98 Å². The number of hydrogen-bond donors (Lipinski definition) is 2. The lowest BCUT2D eigenvalue weighted by molar-refractivity contribution is 0.0663. The summed E-state index contributed by atoms with van der Waals surface area (Å²) in [5.74, 6) is -0.214. The second-order valence-electron chi connectivity index (χ2n) is 3.64. The van der Waals surface area contributed by atoms with Crippen molar-refractivity contribution in [2.75, 3.05) is 0 Å². The maximum Gasteiger partial charge on any atom is 0.371 e. The normalized spacial score (nSPS) is 17.9. The van der Waals surface area contributed by atoms with E-state index in [1.54, 1.807) is 0 Å². The van der Waals surface area contributed by atoms with Crippen molar-refractivity contribution in [2.45, 2.75) is 12.5 Å². The summed E-state index contributed by atoms with van der Waals surface area (Å²) in [6.07, 6.45) is 1.80. The van der Waals surface area contributed by atoms with Gasteiger partial charge in [-0.3, -0.25) is 0 Å². The van der Waals surface area contributed by atoms with E-state index in [1.807, 2.05) is 0 Å². The molecule has 3 N–H and O–H groups in total. The van der Waals surface area contributed by atoms with E-state index < -0.39 is 5.97 Å². The Bertz CT molecular complexity index is 569. The van der Waals surface area contributed by atoms with Crippen molar-refractivity contribution in [3.8, 4) is 11.5 Å². The zero-order chi connectivity index (χ0) is 11.3. The molecule has 0 saturated heterocycles. The quantitative estimate of drug-likeness (QED) is 0.748. The van der Waals surface area contributed by atoms with Gasteiger partial charge < -0.3 is 19.7 Å². The Morgan fingerprint density at radius 3 is 3.19 bits per heavy atom. The number of oxazole rings is 1. The van der Waals surface area contributed by atoms with Crippen LogP contribution < -0.4 is 5.73 Å². The lowest BCUT2D eigenvalue weighted by Crippen LogP contribution is -2.17. The molecule has 0 aromatic carbocycles. The number of nitrogens with zero attached hydrogens (tertiary/aromatic N) is 1. The van der Waals surface area contributed by atoms with Gasteiger partial charge >= 0.3 is 5.97 Å². The van der Waals surface area contributed by atoms with E-state index in [4.69, 9.17) is 19.7 Å². The average Bonchev–Trinajstić information content (AvgIpc) is 2.80. The van der Waals surface area contributed by atoms with Crippen molar-refractivity contribution in [3.05, 3.63) is 29.5 Å². The van der Waals surface area contributed by atoms with E-state index in [1.165, 1.54) is 12.5 Å². The third-order valence-electron chi connectivity index (χ3n) is 2.63. The van der Waals surface area contributed by atoms with E-state index in [0.717, 1.165) is 0 Å². The van der Waals surface area contributed by atoms with Gasteiger partial charge in [0.2, 0.25) is 5.76 Å². The molecule has 1 unspecified atom stereocenters. The van der Waals surface area contributed by atoms with E-state index in [9.17, 15) is 4.79 Å². The van der Waals surface area contributed by atoms with E-state index in [0.29, 0.717) is 29.2 Å². The molecule has 0 radical (unpaired) electrons. The number of carboxylic acids is 1. The van der Waals surface area contributed by atoms with Gasteiger partial charge in [-0.2, -0.15) is 0 Å². The molecule has 0 fully saturated rings. The smallest absolute Gasteiger partial charge is 0.371 e. The summed E-state index contributed by atoms with van der Waals surface area (Å²) < 4.78 is 10.4. The van der Waals surface area contributed by atoms with Gasteiger partial charge in [-0.15, -0.1) is 0 Å². The predicted molar refractivity (Wildman–Crippen MR) is 51.8 cm³/mol. The Morgan fingerprint density at radius 2 is 2.44 bits per heavy atom. The fourth-order valence-corrected chi connectivity index (χ4v) is 1.88. The topological polar surface area (TPSA) is 102 Å². The highest BCUT2D eigenvalue weighted by Gasteiger charge is 2.31. The summed E-state index contributed by atoms with van der Waals surface area (Å²) in [6, 6.07) is 1.13. The highest BCUT2D eigenvalue weighted by atomic mass is 16.4. The molecule has 0 spiro atoms. The molecule has 2 aromatic heterocycles. The van der Waals surface area contributed by atoms with Crippen LogP contribution >= 0.6 is 0 Å². The predicted octanol–water partition coefficient (Wildman–Crippen LogP) is 1.19. The fraction of sp³-hybridized carbons (Fsp3) is 0.200. The van der Waals surface area contributed by atoms with Crippen LogP contribution in [0.15, 0.2) is 21.3 Å². The average molecular weight is 220 g/mol. The summed E-state index contributed by atoms with van der Waals surface area (Å²) in [6.45, 7) is 0. The Balaban J connectivity index is 2.23. The highest BCUT2D eigenvalue weighted by molar-refractivity contribution is 5.86. The van der Waals surface area contributed by atoms with Gasteiger partial charge in [0.05, 0.1) is 0 Å². The maximum atomic E-state index is 10.8. The van der Waals surface area contributed by atoms with Crippen molar-refractivity contribution in [1.82, 2.24) is 4.98 Å². The Labute approximate surface area is 89.7 Å². The summed E-state index contributed by atoms with van der Waals surface area (Å²) in [5, 5.41) is 8.84. The SMILES string of the molecule is NC1Cc2ocnc2-c2oc(C(=O)O)cc21. The molecule has 6 heteroatoms. The number of hydrogen-bond acceptors (Lipinski definition) is 5. The molecule has 0 bridgehead atoms. The third-order valence-corrected chi connectivity index (χ3v) is 2.63. The third kappa shape index (κ3) is 1.10. The summed E-state index contributed by atoms with van der Waals surface area (Å²) in [7, 11) is 0. The summed E-state index contributed by atoms with van der Waals surface area (Å²) in [4.78, 5) is 14.8. The molecular weight excluding hydrogens is 212 g/mol. The van der Waals surface area contributed by atoms with Crippen LogP contribution in [-0.4, -0.2) is 16.1 Å². The van der Waals surface area contributed by atoms with Crippen LogP contribution in [0.25, 0.3) is 11.5 Å². The molecule has 82 valence electrons. The number of rotatable bonds is 1. The Kier molecular flexibility index (Phi) is 1.69. The number of aromatic carboxylic acids is 1. The molecule has 2 heterocycles. The minimum Gasteiger partial charge on any atom is -0.475 e. The first kappa shape index (κ1) is 9.17. The van der Waals surface area contributed by atoms with Crippen molar-refractivity contribution in [2.24, 2.45) is 5.73 Å². The van der Waals surface area contributed by atoms with Crippen molar-refractivity contribution < 1.29 is 18.7 Å². The zero-order valence-corrected chi connectivity index (χ0v) is 8.14. The molecule has 3 rings (SSSR count). The van der Waals surface area contributed by atoms with Crippen LogP contribution in [0.1, 0.15) is 27.9 Å². The van der Waals surface area contributed by atoms with E-state index >= 15 is 0 Å². The standard InChI is InChI=1S/C10H8N2O4/c11-5-2-6-8(12-3-15-6)9-4(5)1-7(16-9)10(13)14/h1,3,5H,2,11H2,(H,13,14).